The minimum atomic E-state index is -1.18. The van der Waals surface area contributed by atoms with Gasteiger partial charge in [0.2, 0.25) is 5.88 Å². The van der Waals surface area contributed by atoms with Crippen molar-refractivity contribution in [3.63, 3.8) is 0 Å². The molecule has 1 aliphatic carbocycles. The molecule has 1 unspecified atom stereocenters. The van der Waals surface area contributed by atoms with Crippen molar-refractivity contribution in [2.75, 3.05) is 64.7 Å². The van der Waals surface area contributed by atoms with Crippen LogP contribution in [0.25, 0.3) is 33.1 Å². The van der Waals surface area contributed by atoms with Crippen molar-refractivity contribution in [2.24, 2.45) is 5.41 Å². The maximum absolute atomic E-state index is 17.2. The van der Waals surface area contributed by atoms with Gasteiger partial charge in [-0.1, -0.05) is 18.0 Å². The molecule has 4 fully saturated rings. The second-order valence-electron chi connectivity index (χ2n) is 15.1. The van der Waals surface area contributed by atoms with Gasteiger partial charge in [0, 0.05) is 48.2 Å². The first kappa shape index (κ1) is 34.7. The number of nitrogens with zero attached hydrogens (tertiary/aromatic N) is 6. The molecule has 3 saturated heterocycles. The molecule has 1 saturated carbocycles. The number of hydrogen-bond donors (Lipinski definition) is 2. The van der Waals surface area contributed by atoms with Crippen LogP contribution in [-0.2, 0) is 9.47 Å². The number of likely N-dealkylation sites (tertiary alicyclic amines) is 1. The molecular weight excluding hydrogens is 677 g/mol. The van der Waals surface area contributed by atoms with E-state index in [1.165, 1.54) is 7.11 Å². The predicted molar refractivity (Wildman–Crippen MR) is 192 cm³/mol. The summed E-state index contributed by atoms with van der Waals surface area (Å²) in [6, 6.07) is 2.86. The normalized spacial score (nSPS) is 27.8. The molecule has 0 spiro atoms. The van der Waals surface area contributed by atoms with Crippen molar-refractivity contribution in [3.8, 4) is 23.1 Å². The van der Waals surface area contributed by atoms with E-state index in [9.17, 15) is 5.11 Å². The van der Waals surface area contributed by atoms with Crippen LogP contribution in [0.2, 0.25) is 5.02 Å². The van der Waals surface area contributed by atoms with Crippen molar-refractivity contribution >= 4 is 39.2 Å². The van der Waals surface area contributed by atoms with Gasteiger partial charge in [0.15, 0.2) is 5.82 Å². The summed E-state index contributed by atoms with van der Waals surface area (Å²) in [5, 5.41) is 19.6. The standard InChI is InChI=1S/C37H47ClFN7O5/c1-22-17-25-24(18-40-44-25)27(29(22)38)31-30(39)32-28(34(41-31)48-3)33(45-13-16-50-20-36(2,47)19-45)43-35(42-32)51-21-37-10-4-8-26(37)46(12-6-11-37)23-7-5-14-49-15-9-23/h17-18,23,26,47H,4-16,19-21H2,1-3H3,(H,40,44)/t23?,26-,36+,37-/m1/s1. The predicted octanol–water partition coefficient (Wildman–Crippen LogP) is 5.85. The minimum absolute atomic E-state index is 0.0000686. The number of pyridine rings is 1. The first-order chi connectivity index (χ1) is 24.7. The molecule has 4 aromatic rings. The number of aliphatic hydroxyl groups is 1. The smallest absolute Gasteiger partial charge is 0.319 e. The summed E-state index contributed by atoms with van der Waals surface area (Å²) in [6.45, 7) is 7.84. The molecular formula is C37H47ClFN7O5. The van der Waals surface area contributed by atoms with E-state index in [1.807, 2.05) is 17.9 Å². The molecule has 8 rings (SSSR count). The average Bonchev–Trinajstić information content (AvgIpc) is 3.61. The molecule has 51 heavy (non-hydrogen) atoms. The van der Waals surface area contributed by atoms with Gasteiger partial charge in [-0.2, -0.15) is 15.1 Å². The van der Waals surface area contributed by atoms with Crippen LogP contribution < -0.4 is 14.4 Å². The van der Waals surface area contributed by atoms with Gasteiger partial charge >= 0.3 is 6.01 Å². The Hall–Kier alpha value is -3.36. The van der Waals surface area contributed by atoms with E-state index >= 15 is 4.39 Å². The van der Waals surface area contributed by atoms with E-state index in [4.69, 9.17) is 45.5 Å². The van der Waals surface area contributed by atoms with Gasteiger partial charge in [0.1, 0.15) is 28.0 Å². The molecule has 3 aromatic heterocycles. The number of aromatic amines is 1. The maximum atomic E-state index is 17.2. The Bertz CT molecular complexity index is 1920. The van der Waals surface area contributed by atoms with Gasteiger partial charge in [-0.05, 0) is 77.0 Å². The van der Waals surface area contributed by atoms with Gasteiger partial charge in [-0.15, -0.1) is 0 Å². The molecule has 14 heteroatoms. The summed E-state index contributed by atoms with van der Waals surface area (Å²) < 4.78 is 41.3. The second kappa shape index (κ2) is 13.9. The van der Waals surface area contributed by atoms with Crippen LogP contribution >= 0.6 is 11.6 Å². The second-order valence-corrected chi connectivity index (χ2v) is 15.5. The number of benzene rings is 1. The van der Waals surface area contributed by atoms with E-state index in [0.717, 1.165) is 76.7 Å². The maximum Gasteiger partial charge on any atom is 0.319 e. The highest BCUT2D eigenvalue weighted by molar-refractivity contribution is 6.35. The summed E-state index contributed by atoms with van der Waals surface area (Å²) in [5.41, 5.74) is 0.601. The van der Waals surface area contributed by atoms with Crippen LogP contribution in [-0.4, -0.2) is 113 Å². The minimum Gasteiger partial charge on any atom is -0.480 e. The first-order valence-corrected chi connectivity index (χ1v) is 18.6. The Kier molecular flexibility index (Phi) is 9.45. The molecule has 0 bridgehead atoms. The number of aryl methyl sites for hydroxylation is 1. The number of methoxy groups -OCH3 is 1. The fourth-order valence-corrected chi connectivity index (χ4v) is 9.37. The molecule has 1 aromatic carbocycles. The molecule has 274 valence electrons. The Morgan fingerprint density at radius 1 is 1.08 bits per heavy atom. The molecule has 3 aliphatic heterocycles. The van der Waals surface area contributed by atoms with E-state index in [1.54, 1.807) is 13.1 Å². The summed E-state index contributed by atoms with van der Waals surface area (Å²) in [7, 11) is 1.49. The number of nitrogens with one attached hydrogen (secondary N) is 1. The van der Waals surface area contributed by atoms with Crippen LogP contribution in [0.4, 0.5) is 10.2 Å². The molecule has 0 amide bonds. The SMILES string of the molecule is COc1nc(-c2c(Cl)c(C)cc3[nH]ncc23)c(F)c2nc(OC[C@]34CCC[C@H]3N(C3CCCOCC3)CCC4)nc(N3CCOC[C@@](C)(O)C3)c12. The molecule has 4 aliphatic rings. The number of hydrogen-bond acceptors (Lipinski definition) is 11. The van der Waals surface area contributed by atoms with Crippen molar-refractivity contribution < 1.29 is 28.4 Å². The van der Waals surface area contributed by atoms with Gasteiger partial charge < -0.3 is 29.0 Å². The molecule has 4 atom stereocenters. The number of ether oxygens (including phenoxy) is 4. The fourth-order valence-electron chi connectivity index (χ4n) is 9.13. The van der Waals surface area contributed by atoms with Crippen molar-refractivity contribution in [1.82, 2.24) is 30.0 Å². The van der Waals surface area contributed by atoms with Crippen molar-refractivity contribution in [3.05, 3.63) is 28.7 Å². The van der Waals surface area contributed by atoms with Gasteiger partial charge in [0.05, 0.1) is 50.2 Å². The molecule has 2 N–H and O–H groups in total. The van der Waals surface area contributed by atoms with Gasteiger partial charge in [0.25, 0.3) is 0 Å². The monoisotopic (exact) mass is 723 g/mol. The zero-order valence-electron chi connectivity index (χ0n) is 29.6. The Labute approximate surface area is 302 Å². The largest absolute Gasteiger partial charge is 0.480 e. The van der Waals surface area contributed by atoms with Crippen LogP contribution in [0.15, 0.2) is 12.3 Å². The Balaban J connectivity index is 1.23. The number of rotatable bonds is 7. The summed E-state index contributed by atoms with van der Waals surface area (Å²) >= 11 is 6.87. The number of aromatic nitrogens is 5. The fraction of sp³-hybridized carbons (Fsp3) is 0.622. The van der Waals surface area contributed by atoms with Gasteiger partial charge in [-0.3, -0.25) is 10.00 Å². The average molecular weight is 724 g/mol. The highest BCUT2D eigenvalue weighted by Crippen LogP contribution is 2.50. The van der Waals surface area contributed by atoms with E-state index in [2.05, 4.69) is 15.1 Å². The third kappa shape index (κ3) is 6.39. The zero-order valence-corrected chi connectivity index (χ0v) is 30.4. The summed E-state index contributed by atoms with van der Waals surface area (Å²) in [6.07, 6.45) is 10.4. The lowest BCUT2D eigenvalue weighted by atomic mass is 9.74. The lowest BCUT2D eigenvalue weighted by Crippen LogP contribution is -2.55. The lowest BCUT2D eigenvalue weighted by molar-refractivity contribution is -0.0266. The number of anilines is 1. The number of β-amino-alcohol motifs (C(OH)–C–C–N with tert-alkyl or cyclic N) is 1. The summed E-state index contributed by atoms with van der Waals surface area (Å²) in [4.78, 5) is 19.1. The highest BCUT2D eigenvalue weighted by Gasteiger charge is 2.50. The molecule has 12 nitrogen and oxygen atoms in total. The third-order valence-corrected chi connectivity index (χ3v) is 12.0. The van der Waals surface area contributed by atoms with Crippen LogP contribution in [0.1, 0.15) is 63.9 Å². The Morgan fingerprint density at radius 3 is 2.80 bits per heavy atom. The number of halogens is 2. The number of fused-ring (bicyclic) bond motifs is 3. The number of H-pyrrole nitrogens is 1. The summed E-state index contributed by atoms with van der Waals surface area (Å²) in [5.74, 6) is -0.182. The highest BCUT2D eigenvalue weighted by atomic mass is 35.5. The van der Waals surface area contributed by atoms with Crippen LogP contribution in [0, 0.1) is 18.2 Å². The molecule has 0 radical (unpaired) electrons. The van der Waals surface area contributed by atoms with Crippen LogP contribution in [0.5, 0.6) is 11.9 Å². The molecule has 6 heterocycles. The first-order valence-electron chi connectivity index (χ1n) is 18.3. The Morgan fingerprint density at radius 2 is 1.94 bits per heavy atom. The topological polar surface area (TPSA) is 131 Å². The van der Waals surface area contributed by atoms with E-state index < -0.39 is 11.4 Å². The lowest BCUT2D eigenvalue weighted by Gasteiger charge is -2.49. The van der Waals surface area contributed by atoms with Gasteiger partial charge in [-0.25, -0.2) is 9.37 Å². The van der Waals surface area contributed by atoms with Crippen molar-refractivity contribution in [1.29, 1.82) is 0 Å². The van der Waals surface area contributed by atoms with Crippen molar-refractivity contribution in [2.45, 2.75) is 82.9 Å². The number of piperidine rings is 1. The van der Waals surface area contributed by atoms with E-state index in [-0.39, 0.29) is 47.1 Å². The van der Waals surface area contributed by atoms with E-state index in [0.29, 0.717) is 59.1 Å². The van der Waals surface area contributed by atoms with Crippen LogP contribution in [0.3, 0.4) is 0 Å². The zero-order chi connectivity index (χ0) is 35.3. The third-order valence-electron chi connectivity index (χ3n) is 11.5. The quantitative estimate of drug-likeness (QED) is 0.238.